The molecule has 0 aliphatic carbocycles. The van der Waals surface area contributed by atoms with Crippen LogP contribution in [0.1, 0.15) is 25.8 Å². The molecule has 4 nitrogen and oxygen atoms in total. The van der Waals surface area contributed by atoms with E-state index in [4.69, 9.17) is 26.8 Å². The molecule has 0 spiro atoms. The maximum Gasteiger partial charge on any atom is 0.150 e. The Morgan fingerprint density at radius 2 is 2.17 bits per heavy atom. The number of halogens is 1. The molecular weight excluding hydrogens is 312 g/mol. The number of nitrogens with zero attached hydrogens (tertiary/aromatic N) is 1. The molecule has 0 bridgehead atoms. The van der Waals surface area contributed by atoms with Gasteiger partial charge >= 0.3 is 0 Å². The van der Waals surface area contributed by atoms with Crippen LogP contribution in [0.2, 0.25) is 5.02 Å². The van der Waals surface area contributed by atoms with Crippen molar-refractivity contribution in [3.8, 4) is 22.6 Å². The van der Waals surface area contributed by atoms with Gasteiger partial charge in [-0.25, -0.2) is 0 Å². The summed E-state index contributed by atoms with van der Waals surface area (Å²) < 4.78 is 11.6. The third-order valence-electron chi connectivity index (χ3n) is 3.78. The molecule has 2 heterocycles. The lowest BCUT2D eigenvalue weighted by Crippen LogP contribution is -2.29. The van der Waals surface area contributed by atoms with Gasteiger partial charge in [-0.05, 0) is 36.1 Å². The quantitative estimate of drug-likeness (QED) is 0.904. The molecule has 1 radical (unpaired) electrons. The monoisotopic (exact) mass is 331 g/mol. The van der Waals surface area contributed by atoms with Crippen LogP contribution in [0, 0.1) is 12.1 Å². The van der Waals surface area contributed by atoms with E-state index in [1.54, 1.807) is 6.20 Å². The first-order valence-electron chi connectivity index (χ1n) is 7.76. The Labute approximate surface area is 141 Å². The minimum absolute atomic E-state index is 0.00980. The van der Waals surface area contributed by atoms with Gasteiger partial charge in [-0.2, -0.15) is 0 Å². The van der Waals surface area contributed by atoms with Gasteiger partial charge in [0.2, 0.25) is 0 Å². The summed E-state index contributed by atoms with van der Waals surface area (Å²) in [4.78, 5) is 4.01. The molecule has 23 heavy (non-hydrogen) atoms. The Kier molecular flexibility index (Phi) is 4.74. The van der Waals surface area contributed by atoms with Crippen LogP contribution in [0.5, 0.6) is 11.5 Å². The highest BCUT2D eigenvalue weighted by Gasteiger charge is 2.22. The van der Waals surface area contributed by atoms with Crippen molar-refractivity contribution < 1.29 is 9.47 Å². The number of pyridine rings is 1. The molecule has 1 unspecified atom stereocenters. The SMILES string of the molecule is CC(C)CC(N)COc1ccc2c(c1Cl)OCc1[c]nccc1-2. The fraction of sp³-hybridized carbons (Fsp3) is 0.389. The molecule has 1 atom stereocenters. The van der Waals surface area contributed by atoms with Crippen molar-refractivity contribution in [3.05, 3.63) is 41.2 Å². The van der Waals surface area contributed by atoms with E-state index in [9.17, 15) is 0 Å². The third kappa shape index (κ3) is 3.43. The predicted molar refractivity (Wildman–Crippen MR) is 90.8 cm³/mol. The summed E-state index contributed by atoms with van der Waals surface area (Å²) >= 11 is 6.47. The maximum atomic E-state index is 6.47. The van der Waals surface area contributed by atoms with Crippen LogP contribution in [0.4, 0.5) is 0 Å². The van der Waals surface area contributed by atoms with Crippen LogP contribution in [0.3, 0.4) is 0 Å². The predicted octanol–water partition coefficient (Wildman–Crippen LogP) is 3.85. The van der Waals surface area contributed by atoms with E-state index in [0.29, 0.717) is 35.7 Å². The number of nitrogens with two attached hydrogens (primary N) is 1. The van der Waals surface area contributed by atoms with Crippen molar-refractivity contribution in [1.29, 1.82) is 0 Å². The topological polar surface area (TPSA) is 57.4 Å². The zero-order valence-electron chi connectivity index (χ0n) is 13.3. The zero-order valence-corrected chi connectivity index (χ0v) is 14.1. The summed E-state index contributed by atoms with van der Waals surface area (Å²) in [6.45, 7) is 5.13. The first kappa shape index (κ1) is 16.1. The van der Waals surface area contributed by atoms with Crippen molar-refractivity contribution in [2.75, 3.05) is 6.61 Å². The van der Waals surface area contributed by atoms with Gasteiger partial charge in [0.1, 0.15) is 29.7 Å². The fourth-order valence-corrected chi connectivity index (χ4v) is 3.04. The minimum atomic E-state index is -0.00980. The van der Waals surface area contributed by atoms with Gasteiger partial charge in [0.05, 0.1) is 6.20 Å². The van der Waals surface area contributed by atoms with E-state index in [2.05, 4.69) is 25.0 Å². The highest BCUT2D eigenvalue weighted by molar-refractivity contribution is 6.34. The van der Waals surface area contributed by atoms with Crippen molar-refractivity contribution in [3.63, 3.8) is 0 Å². The van der Waals surface area contributed by atoms with Crippen molar-refractivity contribution in [1.82, 2.24) is 4.98 Å². The highest BCUT2D eigenvalue weighted by Crippen LogP contribution is 2.45. The molecule has 1 aliphatic heterocycles. The van der Waals surface area contributed by atoms with Gasteiger partial charge in [-0.3, -0.25) is 4.98 Å². The molecule has 0 amide bonds. The molecular formula is C18H20ClN2O2. The lowest BCUT2D eigenvalue weighted by Gasteiger charge is -2.23. The third-order valence-corrected chi connectivity index (χ3v) is 4.14. The van der Waals surface area contributed by atoms with Gasteiger partial charge in [0, 0.05) is 23.4 Å². The second kappa shape index (κ2) is 6.77. The highest BCUT2D eigenvalue weighted by atomic mass is 35.5. The van der Waals surface area contributed by atoms with Crippen molar-refractivity contribution in [2.45, 2.75) is 32.9 Å². The number of fused-ring (bicyclic) bond motifs is 3. The summed E-state index contributed by atoms with van der Waals surface area (Å²) in [5, 5.41) is 0.488. The summed E-state index contributed by atoms with van der Waals surface area (Å²) in [6, 6.07) is 5.76. The van der Waals surface area contributed by atoms with E-state index in [1.165, 1.54) is 0 Å². The van der Waals surface area contributed by atoms with Crippen LogP contribution < -0.4 is 15.2 Å². The Bertz CT molecular complexity index is 703. The molecule has 1 aromatic heterocycles. The van der Waals surface area contributed by atoms with Crippen LogP contribution in [-0.4, -0.2) is 17.6 Å². The maximum absolute atomic E-state index is 6.47. The number of aromatic nitrogens is 1. The number of ether oxygens (including phenoxy) is 2. The number of rotatable bonds is 5. The van der Waals surface area contributed by atoms with Crippen LogP contribution >= 0.6 is 11.6 Å². The molecule has 0 fully saturated rings. The van der Waals surface area contributed by atoms with Crippen LogP contribution in [0.15, 0.2) is 24.4 Å². The average molecular weight is 332 g/mol. The van der Waals surface area contributed by atoms with Gasteiger partial charge < -0.3 is 15.2 Å². The molecule has 1 aliphatic rings. The lowest BCUT2D eigenvalue weighted by molar-refractivity contribution is 0.266. The van der Waals surface area contributed by atoms with E-state index < -0.39 is 0 Å². The van der Waals surface area contributed by atoms with Gasteiger partial charge in [0.15, 0.2) is 0 Å². The number of hydrogen-bond acceptors (Lipinski definition) is 4. The van der Waals surface area contributed by atoms with Gasteiger partial charge in [-0.15, -0.1) is 0 Å². The molecule has 5 heteroatoms. The fourth-order valence-electron chi connectivity index (χ4n) is 2.77. The summed E-state index contributed by atoms with van der Waals surface area (Å²) in [6.07, 6.45) is 5.59. The second-order valence-electron chi connectivity index (χ2n) is 6.19. The molecule has 121 valence electrons. The summed E-state index contributed by atoms with van der Waals surface area (Å²) in [5.74, 6) is 1.79. The second-order valence-corrected chi connectivity index (χ2v) is 6.57. The van der Waals surface area contributed by atoms with Crippen molar-refractivity contribution >= 4 is 11.6 Å². The standard InChI is InChI=1S/C18H20ClN2O2/c1-11(2)7-13(20)10-22-16-4-3-15-14-5-6-21-8-12(14)9-23-18(15)17(16)19/h3-6,11,13H,7,9-10,20H2,1-2H3. The zero-order chi connectivity index (χ0) is 16.4. The smallest absolute Gasteiger partial charge is 0.150 e. The molecule has 3 rings (SSSR count). The van der Waals surface area contributed by atoms with Crippen molar-refractivity contribution in [2.24, 2.45) is 11.7 Å². The van der Waals surface area contributed by atoms with E-state index in [1.807, 2.05) is 18.2 Å². The van der Waals surface area contributed by atoms with Crippen LogP contribution in [0.25, 0.3) is 11.1 Å². The van der Waals surface area contributed by atoms with Gasteiger partial charge in [0.25, 0.3) is 0 Å². The number of hydrogen-bond donors (Lipinski definition) is 1. The Morgan fingerprint density at radius 3 is 2.96 bits per heavy atom. The largest absolute Gasteiger partial charge is 0.490 e. The number of benzene rings is 1. The first-order chi connectivity index (χ1) is 11.1. The molecule has 2 N–H and O–H groups in total. The molecule has 0 saturated carbocycles. The molecule has 0 saturated heterocycles. The Hall–Kier alpha value is -1.78. The lowest BCUT2D eigenvalue weighted by atomic mass is 9.99. The van der Waals surface area contributed by atoms with E-state index in [0.717, 1.165) is 23.1 Å². The summed E-state index contributed by atoms with van der Waals surface area (Å²) in [5.41, 5.74) is 8.98. The van der Waals surface area contributed by atoms with E-state index >= 15 is 0 Å². The Morgan fingerprint density at radius 1 is 1.35 bits per heavy atom. The first-order valence-corrected chi connectivity index (χ1v) is 8.13. The average Bonchev–Trinajstić information content (AvgIpc) is 2.53. The molecule has 2 aromatic rings. The minimum Gasteiger partial charge on any atom is -0.490 e. The normalized spacial score (nSPS) is 14.0. The summed E-state index contributed by atoms with van der Waals surface area (Å²) in [7, 11) is 0. The molecule has 1 aromatic carbocycles. The van der Waals surface area contributed by atoms with E-state index in [-0.39, 0.29) is 6.04 Å². The van der Waals surface area contributed by atoms with Crippen LogP contribution in [-0.2, 0) is 6.61 Å². The van der Waals surface area contributed by atoms with Gasteiger partial charge in [-0.1, -0.05) is 25.4 Å². The Balaban J connectivity index is 1.81.